The minimum Gasteiger partial charge on any atom is -0.135 e. The number of thiophene rings is 1. The largest absolute Gasteiger partial charge is 0.135 e. The highest BCUT2D eigenvalue weighted by molar-refractivity contribution is 7.26. The van der Waals surface area contributed by atoms with Crippen LogP contribution in [-0.4, -0.2) is 0 Å². The van der Waals surface area contributed by atoms with E-state index in [4.69, 9.17) is 0 Å². The molecule has 7 aromatic rings. The first-order valence-electron chi connectivity index (χ1n) is 11.5. The highest BCUT2D eigenvalue weighted by Crippen LogP contribution is 2.54. The molecule has 0 saturated heterocycles. The Labute approximate surface area is 195 Å². The van der Waals surface area contributed by atoms with Crippen LogP contribution in [0.1, 0.15) is 11.1 Å². The quantitative estimate of drug-likeness (QED) is 0.207. The van der Waals surface area contributed by atoms with Crippen LogP contribution in [0.4, 0.5) is 0 Å². The second-order valence-corrected chi connectivity index (χ2v) is 10.4. The predicted molar refractivity (Wildman–Crippen MR) is 146 cm³/mol. The molecule has 6 aromatic carbocycles. The van der Waals surface area contributed by atoms with E-state index in [2.05, 4.69) is 98.8 Å². The molecule has 1 aliphatic rings. The molecule has 1 aromatic heterocycles. The van der Waals surface area contributed by atoms with Gasteiger partial charge in [0.2, 0.25) is 0 Å². The number of rotatable bonds is 0. The molecule has 33 heavy (non-hydrogen) atoms. The van der Waals surface area contributed by atoms with Crippen LogP contribution in [-0.2, 0) is 0 Å². The normalized spacial score (nSPS) is 12.5. The lowest BCUT2D eigenvalue weighted by atomic mass is 9.93. The topological polar surface area (TPSA) is 0 Å². The van der Waals surface area contributed by atoms with Gasteiger partial charge < -0.3 is 0 Å². The van der Waals surface area contributed by atoms with Gasteiger partial charge in [0.05, 0.1) is 0 Å². The summed E-state index contributed by atoms with van der Waals surface area (Å²) in [5, 5.41) is 11.0. The summed E-state index contributed by atoms with van der Waals surface area (Å²) >= 11 is 1.97. The standard InChI is InChI=1S/C32H20S/c1-17-14-19-8-4-6-11-22(19)30-27-16-25-24-13-7-12-23-21-10-5-3-9-20(21)15-26(29(23)24)28(25)18(2)32(27)33-31(17)30/h3-16H,1-2H3. The van der Waals surface area contributed by atoms with Crippen molar-refractivity contribution in [2.75, 3.05) is 0 Å². The third kappa shape index (κ3) is 2.11. The van der Waals surface area contributed by atoms with Crippen LogP contribution >= 0.6 is 11.3 Å². The van der Waals surface area contributed by atoms with Crippen molar-refractivity contribution in [1.29, 1.82) is 0 Å². The zero-order chi connectivity index (χ0) is 21.8. The Kier molecular flexibility index (Phi) is 3.24. The third-order valence-electron chi connectivity index (χ3n) is 7.62. The molecule has 0 fully saturated rings. The zero-order valence-electron chi connectivity index (χ0n) is 18.5. The summed E-state index contributed by atoms with van der Waals surface area (Å²) in [4.78, 5) is 0. The van der Waals surface area contributed by atoms with E-state index in [1.54, 1.807) is 0 Å². The van der Waals surface area contributed by atoms with E-state index in [0.29, 0.717) is 0 Å². The van der Waals surface area contributed by atoms with Crippen LogP contribution in [0, 0.1) is 13.8 Å². The lowest BCUT2D eigenvalue weighted by Crippen LogP contribution is -1.84. The fraction of sp³-hybridized carbons (Fsp3) is 0.0625. The van der Waals surface area contributed by atoms with Crippen molar-refractivity contribution in [2.24, 2.45) is 0 Å². The average molecular weight is 437 g/mol. The van der Waals surface area contributed by atoms with Crippen molar-refractivity contribution in [3.05, 3.63) is 96.1 Å². The minimum absolute atomic E-state index is 1.32. The molecule has 0 amide bonds. The van der Waals surface area contributed by atoms with Gasteiger partial charge in [-0.2, -0.15) is 0 Å². The van der Waals surface area contributed by atoms with E-state index >= 15 is 0 Å². The Morgan fingerprint density at radius 1 is 0.515 bits per heavy atom. The maximum absolute atomic E-state index is 2.49. The first-order valence-corrected chi connectivity index (χ1v) is 12.4. The Hall–Kier alpha value is -3.68. The fourth-order valence-electron chi connectivity index (χ4n) is 6.23. The molecule has 154 valence electrons. The van der Waals surface area contributed by atoms with Crippen LogP contribution in [0.2, 0.25) is 0 Å². The predicted octanol–water partition coefficient (Wildman–Crippen LogP) is 9.78. The Morgan fingerprint density at radius 2 is 1.24 bits per heavy atom. The number of fused-ring (bicyclic) bond motifs is 10. The summed E-state index contributed by atoms with van der Waals surface area (Å²) in [6, 6.07) is 31.7. The van der Waals surface area contributed by atoms with Crippen LogP contribution in [0.3, 0.4) is 0 Å². The molecule has 0 aliphatic heterocycles. The Bertz CT molecular complexity index is 1980. The molecule has 0 unspecified atom stereocenters. The first-order chi connectivity index (χ1) is 16.2. The molecule has 0 atom stereocenters. The van der Waals surface area contributed by atoms with Crippen molar-refractivity contribution < 1.29 is 0 Å². The van der Waals surface area contributed by atoms with Gasteiger partial charge >= 0.3 is 0 Å². The molecule has 0 N–H and O–H groups in total. The Morgan fingerprint density at radius 3 is 2.09 bits per heavy atom. The second kappa shape index (κ2) is 6.01. The van der Waals surface area contributed by atoms with Gasteiger partial charge in [-0.25, -0.2) is 0 Å². The van der Waals surface area contributed by atoms with Gasteiger partial charge in [-0.05, 0) is 97.7 Å². The molecule has 1 heterocycles. The van der Waals surface area contributed by atoms with E-state index < -0.39 is 0 Å². The number of hydrogen-bond acceptors (Lipinski definition) is 1. The van der Waals surface area contributed by atoms with E-state index in [-0.39, 0.29) is 0 Å². The van der Waals surface area contributed by atoms with Crippen LogP contribution < -0.4 is 0 Å². The minimum atomic E-state index is 1.32. The van der Waals surface area contributed by atoms with Gasteiger partial charge in [0.1, 0.15) is 0 Å². The average Bonchev–Trinajstić information content (AvgIpc) is 3.38. The molecule has 0 saturated carbocycles. The van der Waals surface area contributed by atoms with Gasteiger partial charge in [-0.15, -0.1) is 11.3 Å². The number of aryl methyl sites for hydroxylation is 2. The van der Waals surface area contributed by atoms with Crippen LogP contribution in [0.25, 0.3) is 74.7 Å². The molecule has 1 heteroatoms. The summed E-state index contributed by atoms with van der Waals surface area (Å²) in [7, 11) is 0. The molecular weight excluding hydrogens is 416 g/mol. The van der Waals surface area contributed by atoms with E-state index in [1.165, 1.54) is 85.9 Å². The van der Waals surface area contributed by atoms with Crippen molar-refractivity contribution >= 4 is 63.8 Å². The second-order valence-electron chi connectivity index (χ2n) is 9.39. The van der Waals surface area contributed by atoms with Gasteiger partial charge in [-0.1, -0.05) is 66.7 Å². The Balaban J connectivity index is 1.60. The van der Waals surface area contributed by atoms with E-state index in [9.17, 15) is 0 Å². The summed E-state index contributed by atoms with van der Waals surface area (Å²) in [5.41, 5.74) is 8.38. The zero-order valence-corrected chi connectivity index (χ0v) is 19.3. The molecule has 0 spiro atoms. The fourth-order valence-corrected chi connectivity index (χ4v) is 7.50. The summed E-state index contributed by atoms with van der Waals surface area (Å²) in [6.45, 7) is 4.59. The number of hydrogen-bond donors (Lipinski definition) is 0. The molecule has 0 radical (unpaired) electrons. The SMILES string of the molecule is Cc1c2c(cc3c1sc1c(C)cc4ccccc4c13)-c1cccc3c1c-2cc1ccccc13. The summed E-state index contributed by atoms with van der Waals surface area (Å²) < 4.78 is 2.85. The van der Waals surface area contributed by atoms with E-state index in [0.717, 1.165) is 0 Å². The highest BCUT2D eigenvalue weighted by Gasteiger charge is 2.27. The summed E-state index contributed by atoms with van der Waals surface area (Å²) in [6.07, 6.45) is 0. The maximum atomic E-state index is 2.49. The van der Waals surface area contributed by atoms with E-state index in [1.807, 2.05) is 11.3 Å². The van der Waals surface area contributed by atoms with Crippen molar-refractivity contribution in [3.8, 4) is 22.3 Å². The molecule has 1 aliphatic carbocycles. The van der Waals surface area contributed by atoms with Crippen molar-refractivity contribution in [1.82, 2.24) is 0 Å². The maximum Gasteiger partial charge on any atom is 0.0391 e. The highest BCUT2D eigenvalue weighted by atomic mass is 32.1. The summed E-state index contributed by atoms with van der Waals surface area (Å²) in [5.74, 6) is 0. The number of benzene rings is 6. The first kappa shape index (κ1) is 17.8. The van der Waals surface area contributed by atoms with Crippen LogP contribution in [0.15, 0.2) is 84.9 Å². The van der Waals surface area contributed by atoms with Gasteiger partial charge in [0.25, 0.3) is 0 Å². The van der Waals surface area contributed by atoms with Gasteiger partial charge in [0.15, 0.2) is 0 Å². The van der Waals surface area contributed by atoms with Crippen LogP contribution in [0.5, 0.6) is 0 Å². The van der Waals surface area contributed by atoms with Gasteiger partial charge in [0, 0.05) is 20.2 Å². The molecule has 0 nitrogen and oxygen atoms in total. The monoisotopic (exact) mass is 436 g/mol. The smallest absolute Gasteiger partial charge is 0.0391 e. The van der Waals surface area contributed by atoms with Crippen molar-refractivity contribution in [3.63, 3.8) is 0 Å². The van der Waals surface area contributed by atoms with Crippen molar-refractivity contribution in [2.45, 2.75) is 13.8 Å². The molecule has 8 rings (SSSR count). The third-order valence-corrected chi connectivity index (χ3v) is 9.08. The molecule has 0 bridgehead atoms. The van der Waals surface area contributed by atoms with Gasteiger partial charge in [-0.3, -0.25) is 0 Å². The lowest BCUT2D eigenvalue weighted by molar-refractivity contribution is 1.56. The lowest BCUT2D eigenvalue weighted by Gasteiger charge is -2.10. The molecular formula is C32H20S.